The zero-order chi connectivity index (χ0) is 28.2. The van der Waals surface area contributed by atoms with Gasteiger partial charge in [-0.05, 0) is 89.4 Å². The minimum absolute atomic E-state index is 0.0605. The number of H-pyrrole nitrogens is 1. The predicted molar refractivity (Wildman–Crippen MR) is 160 cm³/mol. The van der Waals surface area contributed by atoms with Gasteiger partial charge < -0.3 is 9.72 Å². The Morgan fingerprint density at radius 3 is 2.46 bits per heavy atom. The molecule has 8 heteroatoms. The fourth-order valence-corrected chi connectivity index (χ4v) is 5.75. The summed E-state index contributed by atoms with van der Waals surface area (Å²) in [5.41, 5.74) is 6.06. The average molecular weight is 549 g/mol. The topological polar surface area (TPSA) is 88.9 Å². The maximum absolute atomic E-state index is 13.9. The summed E-state index contributed by atoms with van der Waals surface area (Å²) in [4.78, 5) is 19.4. The van der Waals surface area contributed by atoms with Crippen LogP contribution in [0.5, 0.6) is 0 Å². The molecule has 1 fully saturated rings. The molecule has 3 aromatic carbocycles. The average Bonchev–Trinajstić information content (AvgIpc) is 3.67. The minimum Gasteiger partial charge on any atom is -0.376 e. The van der Waals surface area contributed by atoms with Crippen LogP contribution in [-0.4, -0.2) is 49.3 Å². The van der Waals surface area contributed by atoms with Crippen LogP contribution in [0.2, 0.25) is 0 Å². The van der Waals surface area contributed by atoms with Crippen molar-refractivity contribution in [2.75, 3.05) is 13.2 Å². The van der Waals surface area contributed by atoms with E-state index in [-0.39, 0.29) is 11.7 Å². The van der Waals surface area contributed by atoms with Gasteiger partial charge in [-0.15, -0.1) is 5.10 Å². The summed E-state index contributed by atoms with van der Waals surface area (Å²) < 4.78 is 7.77. The summed E-state index contributed by atoms with van der Waals surface area (Å²) in [5, 5.41) is 14.0. The van der Waals surface area contributed by atoms with E-state index in [1.807, 2.05) is 28.9 Å². The lowest BCUT2D eigenvalue weighted by Crippen LogP contribution is -2.37. The SMILES string of the molecule is Cc1cc2cc(C(c3nnnn3CC3CCCO3)N(CCc3ccccc3)Cc3ccccc3)c(=O)[nH]c2cc1C. The van der Waals surface area contributed by atoms with Crippen LogP contribution in [0, 0.1) is 13.8 Å². The third-order valence-electron chi connectivity index (χ3n) is 8.11. The third kappa shape index (κ3) is 6.14. The van der Waals surface area contributed by atoms with Gasteiger partial charge in [0.25, 0.3) is 5.56 Å². The number of pyridine rings is 1. The lowest BCUT2D eigenvalue weighted by Gasteiger charge is -2.31. The van der Waals surface area contributed by atoms with Crippen LogP contribution in [0.3, 0.4) is 0 Å². The lowest BCUT2D eigenvalue weighted by molar-refractivity contribution is 0.0906. The molecule has 0 amide bonds. The normalized spacial score (nSPS) is 16.0. The van der Waals surface area contributed by atoms with E-state index in [1.54, 1.807) is 0 Å². The number of aryl methyl sites for hydroxylation is 2. The molecule has 2 aromatic heterocycles. The van der Waals surface area contributed by atoms with Gasteiger partial charge in [0.2, 0.25) is 0 Å². The van der Waals surface area contributed by atoms with Crippen LogP contribution >= 0.6 is 0 Å². The second-order valence-electron chi connectivity index (χ2n) is 11.0. The molecule has 1 aliphatic rings. The van der Waals surface area contributed by atoms with Crippen molar-refractivity contribution in [2.24, 2.45) is 0 Å². The Bertz CT molecular complexity index is 1660. The second-order valence-corrected chi connectivity index (χ2v) is 11.0. The van der Waals surface area contributed by atoms with Crippen LogP contribution in [0.15, 0.2) is 83.7 Å². The quantitative estimate of drug-likeness (QED) is 0.260. The number of fused-ring (bicyclic) bond motifs is 1. The molecule has 5 aromatic rings. The molecule has 1 N–H and O–H groups in total. The Kier molecular flexibility index (Phi) is 8.02. The van der Waals surface area contributed by atoms with Gasteiger partial charge in [0.15, 0.2) is 5.82 Å². The first-order chi connectivity index (χ1) is 20.0. The van der Waals surface area contributed by atoms with Gasteiger partial charge >= 0.3 is 0 Å². The van der Waals surface area contributed by atoms with Gasteiger partial charge in [-0.2, -0.15) is 0 Å². The van der Waals surface area contributed by atoms with Crippen molar-refractivity contribution >= 4 is 10.9 Å². The van der Waals surface area contributed by atoms with Crippen LogP contribution in [-0.2, 0) is 24.2 Å². The zero-order valence-corrected chi connectivity index (χ0v) is 23.7. The second kappa shape index (κ2) is 12.2. The highest BCUT2D eigenvalue weighted by atomic mass is 16.5. The molecule has 0 spiro atoms. The van der Waals surface area contributed by atoms with E-state index in [0.717, 1.165) is 47.9 Å². The highest BCUT2D eigenvalue weighted by Crippen LogP contribution is 2.30. The van der Waals surface area contributed by atoms with Crippen LogP contribution in [0.4, 0.5) is 0 Å². The van der Waals surface area contributed by atoms with Gasteiger partial charge in [0.1, 0.15) is 6.04 Å². The highest BCUT2D eigenvalue weighted by molar-refractivity contribution is 5.81. The first-order valence-corrected chi connectivity index (χ1v) is 14.4. The number of rotatable bonds is 10. The Morgan fingerprint density at radius 1 is 1.00 bits per heavy atom. The molecule has 8 nitrogen and oxygen atoms in total. The molecular weight excluding hydrogens is 512 g/mol. The maximum Gasteiger partial charge on any atom is 0.253 e. The third-order valence-corrected chi connectivity index (χ3v) is 8.11. The number of tetrazole rings is 1. The molecule has 1 aliphatic heterocycles. The van der Waals surface area contributed by atoms with Crippen molar-refractivity contribution in [3.05, 3.63) is 123 Å². The molecule has 1 saturated heterocycles. The van der Waals surface area contributed by atoms with Crippen molar-refractivity contribution in [3.63, 3.8) is 0 Å². The molecule has 6 rings (SSSR count). The van der Waals surface area contributed by atoms with Crippen LogP contribution in [0.25, 0.3) is 10.9 Å². The number of aromatic amines is 1. The van der Waals surface area contributed by atoms with E-state index >= 15 is 0 Å². The van der Waals surface area contributed by atoms with Crippen molar-refractivity contribution in [2.45, 2.75) is 58.3 Å². The van der Waals surface area contributed by atoms with E-state index in [0.29, 0.717) is 31.0 Å². The zero-order valence-electron chi connectivity index (χ0n) is 23.7. The molecule has 0 saturated carbocycles. The minimum atomic E-state index is -0.468. The van der Waals surface area contributed by atoms with Crippen molar-refractivity contribution in [1.82, 2.24) is 30.1 Å². The number of benzene rings is 3. The number of nitrogens with zero attached hydrogens (tertiary/aromatic N) is 5. The fourth-order valence-electron chi connectivity index (χ4n) is 5.75. The molecule has 2 unspecified atom stereocenters. The summed E-state index contributed by atoms with van der Waals surface area (Å²) in [7, 11) is 0. The summed E-state index contributed by atoms with van der Waals surface area (Å²) in [6, 6.07) is 26.6. The van der Waals surface area contributed by atoms with Gasteiger partial charge in [-0.25, -0.2) is 4.68 Å². The van der Waals surface area contributed by atoms with Crippen molar-refractivity contribution in [3.8, 4) is 0 Å². The first kappa shape index (κ1) is 27.1. The lowest BCUT2D eigenvalue weighted by atomic mass is 9.99. The molecule has 0 bridgehead atoms. The highest BCUT2D eigenvalue weighted by Gasteiger charge is 2.32. The van der Waals surface area contributed by atoms with Crippen LogP contribution < -0.4 is 5.56 Å². The summed E-state index contributed by atoms with van der Waals surface area (Å²) in [6.45, 7) is 6.82. The molecule has 2 atom stereocenters. The molecular formula is C33H36N6O2. The number of nitrogens with one attached hydrogen (secondary N) is 1. The van der Waals surface area contributed by atoms with Gasteiger partial charge in [0.05, 0.1) is 12.6 Å². The standard InChI is InChI=1S/C33H36N6O2/c1-23-18-27-20-29(33(40)34-30(27)19-24(23)2)31(32-35-36-37-39(32)22-28-14-9-17-41-28)38(21-26-12-7-4-8-13-26)16-15-25-10-5-3-6-11-25/h3-8,10-13,18-20,28,31H,9,14-17,21-22H2,1-2H3,(H,34,40). The molecule has 0 aliphatic carbocycles. The van der Waals surface area contributed by atoms with E-state index < -0.39 is 6.04 Å². The summed E-state index contributed by atoms with van der Waals surface area (Å²) in [5.74, 6) is 0.651. The number of aromatic nitrogens is 5. The number of hydrogen-bond donors (Lipinski definition) is 1. The molecule has 210 valence electrons. The smallest absolute Gasteiger partial charge is 0.253 e. The monoisotopic (exact) mass is 548 g/mol. The van der Waals surface area contributed by atoms with E-state index in [2.05, 4.69) is 93.9 Å². The van der Waals surface area contributed by atoms with Gasteiger partial charge in [-0.1, -0.05) is 60.7 Å². The van der Waals surface area contributed by atoms with E-state index in [9.17, 15) is 4.79 Å². The predicted octanol–water partition coefficient (Wildman–Crippen LogP) is 5.14. The van der Waals surface area contributed by atoms with Crippen molar-refractivity contribution < 1.29 is 4.74 Å². The van der Waals surface area contributed by atoms with Gasteiger partial charge in [0, 0.05) is 30.8 Å². The molecule has 0 radical (unpaired) electrons. The van der Waals surface area contributed by atoms with E-state index in [4.69, 9.17) is 4.74 Å². The fraction of sp³-hybridized carbons (Fsp3) is 0.333. The maximum atomic E-state index is 13.9. The van der Waals surface area contributed by atoms with Crippen LogP contribution in [0.1, 0.15) is 52.5 Å². The Labute approximate surface area is 240 Å². The molecule has 41 heavy (non-hydrogen) atoms. The van der Waals surface area contributed by atoms with Crippen molar-refractivity contribution in [1.29, 1.82) is 0 Å². The summed E-state index contributed by atoms with van der Waals surface area (Å²) in [6.07, 6.45) is 2.89. The number of ether oxygens (including phenoxy) is 1. The van der Waals surface area contributed by atoms with E-state index in [1.165, 1.54) is 11.1 Å². The van der Waals surface area contributed by atoms with Gasteiger partial charge in [-0.3, -0.25) is 9.69 Å². The first-order valence-electron chi connectivity index (χ1n) is 14.4. The molecule has 3 heterocycles. The Morgan fingerprint density at radius 2 is 1.73 bits per heavy atom. The number of hydrogen-bond acceptors (Lipinski definition) is 6. The Balaban J connectivity index is 1.48. The summed E-state index contributed by atoms with van der Waals surface area (Å²) >= 11 is 0. The largest absolute Gasteiger partial charge is 0.376 e. The Hall–Kier alpha value is -4.14.